The second-order valence-electron chi connectivity index (χ2n) is 5.92. The lowest BCUT2D eigenvalue weighted by atomic mass is 10.1. The normalized spacial score (nSPS) is 30.0. The Bertz CT molecular complexity index is 524. The predicted octanol–water partition coefficient (Wildman–Crippen LogP) is -1.88. The highest BCUT2D eigenvalue weighted by atomic mass is 16.2. The Hall–Kier alpha value is -1.72. The molecule has 2 N–H and O–H groups in total. The summed E-state index contributed by atoms with van der Waals surface area (Å²) < 4.78 is 0. The van der Waals surface area contributed by atoms with Crippen LogP contribution in [0.3, 0.4) is 0 Å². The van der Waals surface area contributed by atoms with Crippen LogP contribution in [0.2, 0.25) is 0 Å². The molecule has 5 heteroatoms. The highest BCUT2D eigenvalue weighted by molar-refractivity contribution is 6.21. The summed E-state index contributed by atoms with van der Waals surface area (Å²) in [6, 6.07) is 9.08. The molecule has 2 heterocycles. The summed E-state index contributed by atoms with van der Waals surface area (Å²) in [7, 11) is 0. The van der Waals surface area contributed by atoms with E-state index >= 15 is 0 Å². The number of rotatable bonds is 3. The van der Waals surface area contributed by atoms with E-state index in [0.29, 0.717) is 12.1 Å². The molecule has 0 radical (unpaired) electrons. The number of anilines is 1. The molecule has 1 aromatic carbocycles. The van der Waals surface area contributed by atoms with E-state index in [4.69, 9.17) is 0 Å². The molecule has 2 amide bonds. The van der Waals surface area contributed by atoms with E-state index in [1.807, 2.05) is 30.3 Å². The first-order valence-electron chi connectivity index (χ1n) is 7.80. The van der Waals surface area contributed by atoms with Gasteiger partial charge < -0.3 is 9.80 Å². The van der Waals surface area contributed by atoms with Crippen molar-refractivity contribution in [1.82, 2.24) is 0 Å². The van der Waals surface area contributed by atoms with Crippen LogP contribution in [0.1, 0.15) is 13.3 Å². The third-order valence-electron chi connectivity index (χ3n) is 4.75. The van der Waals surface area contributed by atoms with Gasteiger partial charge in [-0.2, -0.15) is 0 Å². The fourth-order valence-electron chi connectivity index (χ4n) is 3.43. The average Bonchev–Trinajstić information content (AvgIpc) is 2.83. The Morgan fingerprint density at radius 1 is 1.10 bits per heavy atom. The Labute approximate surface area is 125 Å². The number of carbonyl (C=O) groups is 2. The van der Waals surface area contributed by atoms with Crippen molar-refractivity contribution >= 4 is 17.5 Å². The largest absolute Gasteiger partial charge is 0.326 e. The monoisotopic (exact) mass is 289 g/mol. The molecule has 0 aromatic heterocycles. The number of hydrogen-bond acceptors (Lipinski definition) is 2. The van der Waals surface area contributed by atoms with Crippen LogP contribution in [-0.2, 0) is 9.59 Å². The predicted molar refractivity (Wildman–Crippen MR) is 79.3 cm³/mol. The first kappa shape index (κ1) is 14.2. The Morgan fingerprint density at radius 3 is 2.38 bits per heavy atom. The molecule has 2 fully saturated rings. The first-order chi connectivity index (χ1) is 10.2. The maximum atomic E-state index is 12.6. The Balaban J connectivity index is 1.72. The number of nitrogens with one attached hydrogen (secondary N) is 2. The van der Waals surface area contributed by atoms with Crippen molar-refractivity contribution in [3.05, 3.63) is 30.3 Å². The minimum atomic E-state index is -0.184. The number of benzene rings is 1. The summed E-state index contributed by atoms with van der Waals surface area (Å²) in [5, 5.41) is 0. The van der Waals surface area contributed by atoms with Gasteiger partial charge in [0.25, 0.3) is 5.91 Å². The van der Waals surface area contributed by atoms with Crippen molar-refractivity contribution in [2.75, 3.05) is 37.6 Å². The highest BCUT2D eigenvalue weighted by Crippen LogP contribution is 2.21. The molecule has 21 heavy (non-hydrogen) atoms. The van der Waals surface area contributed by atoms with Crippen molar-refractivity contribution in [2.45, 2.75) is 19.4 Å². The number of nitrogens with zero attached hydrogens (tertiary/aromatic N) is 1. The molecule has 0 spiro atoms. The lowest BCUT2D eigenvalue weighted by molar-refractivity contribution is -1.02. The van der Waals surface area contributed by atoms with Crippen molar-refractivity contribution < 1.29 is 19.4 Å². The van der Waals surface area contributed by atoms with Gasteiger partial charge in [0.2, 0.25) is 5.91 Å². The van der Waals surface area contributed by atoms with Gasteiger partial charge >= 0.3 is 0 Å². The van der Waals surface area contributed by atoms with Gasteiger partial charge in [0.15, 0.2) is 6.04 Å². The van der Waals surface area contributed by atoms with E-state index in [2.05, 4.69) is 6.92 Å². The van der Waals surface area contributed by atoms with Crippen LogP contribution in [0.15, 0.2) is 30.3 Å². The zero-order valence-corrected chi connectivity index (χ0v) is 12.5. The molecule has 1 unspecified atom stereocenters. The number of imide groups is 1. The fraction of sp³-hybridized carbons (Fsp3) is 0.500. The van der Waals surface area contributed by atoms with Gasteiger partial charge in [0.05, 0.1) is 18.7 Å². The van der Waals surface area contributed by atoms with Crippen LogP contribution >= 0.6 is 0 Å². The van der Waals surface area contributed by atoms with E-state index in [-0.39, 0.29) is 17.9 Å². The minimum absolute atomic E-state index is 0.0267. The maximum absolute atomic E-state index is 12.6. The van der Waals surface area contributed by atoms with Gasteiger partial charge in [-0.25, -0.2) is 4.90 Å². The van der Waals surface area contributed by atoms with Crippen LogP contribution in [0.4, 0.5) is 5.69 Å². The summed E-state index contributed by atoms with van der Waals surface area (Å²) >= 11 is 0. The van der Waals surface area contributed by atoms with Crippen LogP contribution in [0.25, 0.3) is 0 Å². The maximum Gasteiger partial charge on any atom is 0.292 e. The standard InChI is InChI=1S/C16H21N3O2/c1-2-17-8-10-18(11-9-17)14-12-15(20)19(16(14)21)13-6-4-3-5-7-13/h3-7,14H,2,8-12H2,1H3/p+2. The van der Waals surface area contributed by atoms with Crippen molar-refractivity contribution in [2.24, 2.45) is 0 Å². The fourth-order valence-corrected chi connectivity index (χ4v) is 3.43. The summed E-state index contributed by atoms with van der Waals surface area (Å²) in [5.74, 6) is -0.0879. The molecule has 2 saturated heterocycles. The Morgan fingerprint density at radius 2 is 1.76 bits per heavy atom. The number of para-hydroxylation sites is 1. The topological polar surface area (TPSA) is 46.3 Å². The second kappa shape index (κ2) is 5.95. The molecule has 5 nitrogen and oxygen atoms in total. The molecule has 0 bridgehead atoms. The summed E-state index contributed by atoms with van der Waals surface area (Å²) in [6.45, 7) is 7.48. The molecule has 3 rings (SSSR count). The van der Waals surface area contributed by atoms with Crippen LogP contribution in [0, 0.1) is 0 Å². The van der Waals surface area contributed by atoms with Crippen LogP contribution < -0.4 is 14.7 Å². The third-order valence-corrected chi connectivity index (χ3v) is 4.75. The van der Waals surface area contributed by atoms with Crippen molar-refractivity contribution in [3.63, 3.8) is 0 Å². The average molecular weight is 289 g/mol. The summed E-state index contributed by atoms with van der Waals surface area (Å²) in [6.07, 6.45) is 0.352. The van der Waals surface area contributed by atoms with Gasteiger partial charge in [0.1, 0.15) is 26.2 Å². The number of quaternary nitrogens is 2. The second-order valence-corrected chi connectivity index (χ2v) is 5.92. The lowest BCUT2D eigenvalue weighted by Gasteiger charge is -2.31. The molecule has 1 atom stereocenters. The molecule has 112 valence electrons. The van der Waals surface area contributed by atoms with E-state index in [1.165, 1.54) is 9.80 Å². The molecule has 0 aliphatic carbocycles. The van der Waals surface area contributed by atoms with E-state index < -0.39 is 0 Å². The zero-order valence-electron chi connectivity index (χ0n) is 12.5. The van der Waals surface area contributed by atoms with Crippen molar-refractivity contribution in [3.8, 4) is 0 Å². The number of carbonyl (C=O) groups excluding carboxylic acids is 2. The molecular weight excluding hydrogens is 266 g/mol. The number of piperazine rings is 1. The molecular formula is C16H23N3O2+2. The molecule has 2 aliphatic heterocycles. The smallest absolute Gasteiger partial charge is 0.292 e. The number of hydrogen-bond donors (Lipinski definition) is 2. The molecule has 1 aromatic rings. The number of likely N-dealkylation sites (N-methyl/N-ethyl adjacent to an activating group) is 1. The van der Waals surface area contributed by atoms with E-state index in [9.17, 15) is 9.59 Å². The quantitative estimate of drug-likeness (QED) is 0.640. The first-order valence-corrected chi connectivity index (χ1v) is 7.80. The van der Waals surface area contributed by atoms with Crippen LogP contribution in [0.5, 0.6) is 0 Å². The minimum Gasteiger partial charge on any atom is -0.326 e. The van der Waals surface area contributed by atoms with Gasteiger partial charge in [-0.05, 0) is 19.1 Å². The van der Waals surface area contributed by atoms with Gasteiger partial charge in [0, 0.05) is 0 Å². The highest BCUT2D eigenvalue weighted by Gasteiger charge is 2.46. The molecule has 2 aliphatic rings. The van der Waals surface area contributed by atoms with Gasteiger partial charge in [-0.1, -0.05) is 18.2 Å². The Kier molecular flexibility index (Phi) is 4.03. The lowest BCUT2D eigenvalue weighted by Crippen LogP contribution is -3.29. The van der Waals surface area contributed by atoms with Gasteiger partial charge in [-0.3, -0.25) is 9.59 Å². The van der Waals surface area contributed by atoms with Crippen LogP contribution in [-0.4, -0.2) is 50.6 Å². The third kappa shape index (κ3) is 2.71. The van der Waals surface area contributed by atoms with Gasteiger partial charge in [-0.15, -0.1) is 0 Å². The van der Waals surface area contributed by atoms with E-state index in [1.54, 1.807) is 4.90 Å². The van der Waals surface area contributed by atoms with Crippen molar-refractivity contribution in [1.29, 1.82) is 0 Å². The SMILES string of the molecule is CC[NH+]1CC[NH+](C2CC(=O)N(c3ccccc3)C2=O)CC1. The molecule has 0 saturated carbocycles. The summed E-state index contributed by atoms with van der Waals surface area (Å²) in [5.41, 5.74) is 0.701. The van der Waals surface area contributed by atoms with E-state index in [0.717, 1.165) is 32.7 Å². The zero-order chi connectivity index (χ0) is 14.8. The number of amides is 2. The summed E-state index contributed by atoms with van der Waals surface area (Å²) in [4.78, 5) is 29.1.